The van der Waals surface area contributed by atoms with Crippen molar-refractivity contribution in [3.8, 4) is 0 Å². The Kier molecular flexibility index (Phi) is 5.36. The van der Waals surface area contributed by atoms with E-state index >= 15 is 0 Å². The molecule has 0 aromatic heterocycles. The van der Waals surface area contributed by atoms with E-state index in [1.165, 1.54) is 9.80 Å². The van der Waals surface area contributed by atoms with Crippen LogP contribution in [0, 0.1) is 11.8 Å². The van der Waals surface area contributed by atoms with E-state index in [9.17, 15) is 9.59 Å². The van der Waals surface area contributed by atoms with Crippen molar-refractivity contribution in [1.29, 1.82) is 0 Å². The Labute approximate surface area is 106 Å². The molecule has 7 nitrogen and oxygen atoms in total. The monoisotopic (exact) mass is 260 g/mol. The molecule has 1 heterocycles. The van der Waals surface area contributed by atoms with E-state index < -0.39 is 11.9 Å². The summed E-state index contributed by atoms with van der Waals surface area (Å²) in [5, 5.41) is 26.7. The number of carboxylic acid groups (broad SMARTS) is 1. The van der Waals surface area contributed by atoms with Gasteiger partial charge in [-0.05, 0) is 5.92 Å². The zero-order chi connectivity index (χ0) is 13.7. The molecule has 1 aliphatic heterocycles. The zero-order valence-electron chi connectivity index (χ0n) is 10.4. The SMILES string of the molecule is C[C@@H]1CN(C(=O)N(CCO)CCO)C[C@H]1C(=O)O. The second kappa shape index (κ2) is 6.55. The maximum absolute atomic E-state index is 12.1. The van der Waals surface area contributed by atoms with Gasteiger partial charge in [-0.1, -0.05) is 6.92 Å². The van der Waals surface area contributed by atoms with Gasteiger partial charge in [0.1, 0.15) is 0 Å². The van der Waals surface area contributed by atoms with Crippen molar-refractivity contribution in [2.45, 2.75) is 6.92 Å². The van der Waals surface area contributed by atoms with Crippen molar-refractivity contribution in [1.82, 2.24) is 9.80 Å². The van der Waals surface area contributed by atoms with Crippen molar-refractivity contribution < 1.29 is 24.9 Å². The van der Waals surface area contributed by atoms with Gasteiger partial charge in [-0.3, -0.25) is 4.79 Å². The van der Waals surface area contributed by atoms with Crippen LogP contribution < -0.4 is 0 Å². The van der Waals surface area contributed by atoms with Gasteiger partial charge in [0.2, 0.25) is 0 Å². The molecule has 1 fully saturated rings. The number of aliphatic hydroxyl groups excluding tert-OH is 2. The molecule has 0 radical (unpaired) electrons. The number of carbonyl (C=O) groups is 2. The minimum atomic E-state index is -0.895. The number of carboxylic acids is 1. The number of nitrogens with zero attached hydrogens (tertiary/aromatic N) is 2. The molecule has 0 aliphatic carbocycles. The minimum Gasteiger partial charge on any atom is -0.481 e. The van der Waals surface area contributed by atoms with Gasteiger partial charge in [-0.2, -0.15) is 0 Å². The average Bonchev–Trinajstić information content (AvgIpc) is 2.70. The van der Waals surface area contributed by atoms with Crippen molar-refractivity contribution in [3.05, 3.63) is 0 Å². The maximum Gasteiger partial charge on any atom is 0.320 e. The third-order valence-electron chi connectivity index (χ3n) is 3.21. The highest BCUT2D eigenvalue weighted by atomic mass is 16.4. The highest BCUT2D eigenvalue weighted by Crippen LogP contribution is 2.24. The van der Waals surface area contributed by atoms with Gasteiger partial charge in [0.05, 0.1) is 19.1 Å². The van der Waals surface area contributed by atoms with Crippen LogP contribution in [0.2, 0.25) is 0 Å². The van der Waals surface area contributed by atoms with Gasteiger partial charge < -0.3 is 25.1 Å². The van der Waals surface area contributed by atoms with Crippen molar-refractivity contribution in [2.24, 2.45) is 11.8 Å². The van der Waals surface area contributed by atoms with E-state index in [1.54, 1.807) is 6.92 Å². The van der Waals surface area contributed by atoms with E-state index in [2.05, 4.69) is 0 Å². The first-order valence-corrected chi connectivity index (χ1v) is 5.99. The minimum absolute atomic E-state index is 0.0865. The number of amides is 2. The Morgan fingerprint density at radius 2 is 1.78 bits per heavy atom. The summed E-state index contributed by atoms with van der Waals surface area (Å²) in [7, 11) is 0. The van der Waals surface area contributed by atoms with Crippen LogP contribution in [0.1, 0.15) is 6.92 Å². The Hall–Kier alpha value is -1.34. The standard InChI is InChI=1S/C11H20N2O5/c1-8-6-13(7-9(8)10(16)17)11(18)12(2-4-14)3-5-15/h8-9,14-15H,2-7H2,1H3,(H,16,17)/t8-,9-/m1/s1. The summed E-state index contributed by atoms with van der Waals surface area (Å²) in [5.74, 6) is -1.52. The van der Waals surface area contributed by atoms with Crippen LogP contribution in [-0.2, 0) is 4.79 Å². The van der Waals surface area contributed by atoms with E-state index in [-0.39, 0.29) is 44.8 Å². The number of hydrogen-bond acceptors (Lipinski definition) is 4. The summed E-state index contributed by atoms with van der Waals surface area (Å²) in [6.45, 7) is 2.29. The highest BCUT2D eigenvalue weighted by molar-refractivity contribution is 5.77. The number of hydrogen-bond donors (Lipinski definition) is 3. The van der Waals surface area contributed by atoms with Crippen molar-refractivity contribution >= 4 is 12.0 Å². The topological polar surface area (TPSA) is 101 Å². The Balaban J connectivity index is 2.64. The number of carbonyl (C=O) groups excluding carboxylic acids is 1. The molecule has 1 rings (SSSR count). The van der Waals surface area contributed by atoms with Crippen molar-refractivity contribution in [3.63, 3.8) is 0 Å². The number of likely N-dealkylation sites (tertiary alicyclic amines) is 1. The molecule has 104 valence electrons. The van der Waals surface area contributed by atoms with Gasteiger partial charge >= 0.3 is 12.0 Å². The molecule has 18 heavy (non-hydrogen) atoms. The third kappa shape index (κ3) is 3.33. The molecule has 1 saturated heterocycles. The zero-order valence-corrected chi connectivity index (χ0v) is 10.4. The van der Waals surface area contributed by atoms with Crippen LogP contribution in [0.15, 0.2) is 0 Å². The number of urea groups is 1. The third-order valence-corrected chi connectivity index (χ3v) is 3.21. The molecule has 3 N–H and O–H groups in total. The lowest BCUT2D eigenvalue weighted by molar-refractivity contribution is -0.142. The van der Waals surface area contributed by atoms with Crippen LogP contribution in [0.4, 0.5) is 4.79 Å². The molecule has 0 aromatic rings. The second-order valence-corrected chi connectivity index (χ2v) is 4.54. The van der Waals surface area contributed by atoms with Crippen LogP contribution in [0.25, 0.3) is 0 Å². The van der Waals surface area contributed by atoms with Crippen LogP contribution >= 0.6 is 0 Å². The maximum atomic E-state index is 12.1. The van der Waals surface area contributed by atoms with E-state index in [0.717, 1.165) is 0 Å². The van der Waals surface area contributed by atoms with E-state index in [0.29, 0.717) is 6.54 Å². The lowest BCUT2D eigenvalue weighted by Crippen LogP contribution is -2.45. The predicted molar refractivity (Wildman–Crippen MR) is 63.0 cm³/mol. The second-order valence-electron chi connectivity index (χ2n) is 4.54. The molecule has 0 saturated carbocycles. The summed E-state index contributed by atoms with van der Waals surface area (Å²) >= 11 is 0. The first-order chi connectivity index (χ1) is 8.51. The summed E-state index contributed by atoms with van der Waals surface area (Å²) in [6.07, 6.45) is 0. The fraction of sp³-hybridized carbons (Fsp3) is 0.818. The molecule has 1 aliphatic rings. The summed E-state index contributed by atoms with van der Waals surface area (Å²) in [5.41, 5.74) is 0. The molecule has 7 heteroatoms. The lowest BCUT2D eigenvalue weighted by Gasteiger charge is -2.27. The average molecular weight is 260 g/mol. The van der Waals surface area contributed by atoms with E-state index in [4.69, 9.17) is 15.3 Å². The van der Waals surface area contributed by atoms with Crippen LogP contribution in [0.5, 0.6) is 0 Å². The summed E-state index contributed by atoms with van der Waals surface area (Å²) in [4.78, 5) is 25.8. The summed E-state index contributed by atoms with van der Waals surface area (Å²) in [6, 6.07) is -0.325. The van der Waals surface area contributed by atoms with Gasteiger partial charge in [0, 0.05) is 26.2 Å². The molecule has 2 amide bonds. The Morgan fingerprint density at radius 1 is 1.22 bits per heavy atom. The fourth-order valence-electron chi connectivity index (χ4n) is 2.19. The van der Waals surface area contributed by atoms with Crippen LogP contribution in [-0.4, -0.2) is 76.5 Å². The Bertz CT molecular complexity index is 304. The largest absolute Gasteiger partial charge is 0.481 e. The van der Waals surface area contributed by atoms with Gasteiger partial charge in [0.25, 0.3) is 0 Å². The number of aliphatic carboxylic acids is 1. The Morgan fingerprint density at radius 3 is 2.17 bits per heavy atom. The first kappa shape index (κ1) is 14.7. The quantitative estimate of drug-likeness (QED) is 0.591. The molecule has 2 atom stereocenters. The molecular weight excluding hydrogens is 240 g/mol. The van der Waals surface area contributed by atoms with Crippen LogP contribution in [0.3, 0.4) is 0 Å². The van der Waals surface area contributed by atoms with Crippen molar-refractivity contribution in [2.75, 3.05) is 39.4 Å². The molecular formula is C11H20N2O5. The number of rotatable bonds is 5. The normalized spacial score (nSPS) is 23.2. The predicted octanol–water partition coefficient (Wildman–Crippen LogP) is -0.954. The van der Waals surface area contributed by atoms with E-state index in [1.807, 2.05) is 0 Å². The lowest BCUT2D eigenvalue weighted by atomic mass is 9.99. The molecule has 0 bridgehead atoms. The van der Waals surface area contributed by atoms with Gasteiger partial charge in [-0.25, -0.2) is 4.79 Å². The van der Waals surface area contributed by atoms with Gasteiger partial charge in [0.15, 0.2) is 0 Å². The van der Waals surface area contributed by atoms with Gasteiger partial charge in [-0.15, -0.1) is 0 Å². The fourth-order valence-corrected chi connectivity index (χ4v) is 2.19. The highest BCUT2D eigenvalue weighted by Gasteiger charge is 2.38. The summed E-state index contributed by atoms with van der Waals surface area (Å²) < 4.78 is 0. The molecule has 0 unspecified atom stereocenters. The molecule has 0 aromatic carbocycles. The molecule has 0 spiro atoms. The smallest absolute Gasteiger partial charge is 0.320 e. The first-order valence-electron chi connectivity index (χ1n) is 5.99. The number of aliphatic hydroxyl groups is 2.